The highest BCUT2D eigenvalue weighted by Gasteiger charge is 2.07. The maximum absolute atomic E-state index is 10.5. The molecule has 24 heavy (non-hydrogen) atoms. The molecule has 0 unspecified atom stereocenters. The molecule has 0 amide bonds. The van der Waals surface area contributed by atoms with Crippen LogP contribution in [-0.4, -0.2) is 26.4 Å². The van der Waals surface area contributed by atoms with Crippen molar-refractivity contribution in [3.8, 4) is 11.5 Å². The first-order valence-corrected chi connectivity index (χ1v) is 8.73. The normalized spacial score (nSPS) is 9.58. The lowest BCUT2D eigenvalue weighted by Gasteiger charge is -2.07. The monoisotopic (exact) mass is 360 g/mol. The smallest absolute Gasteiger partial charge is 0.240 e. The van der Waals surface area contributed by atoms with Gasteiger partial charge in [0.1, 0.15) is 22.9 Å². The van der Waals surface area contributed by atoms with E-state index in [-0.39, 0.29) is 0 Å². The summed E-state index contributed by atoms with van der Waals surface area (Å²) in [6, 6.07) is 10.6. The summed E-state index contributed by atoms with van der Waals surface area (Å²) in [5, 5.41) is 0. The molecule has 0 aliphatic rings. The lowest BCUT2D eigenvalue weighted by Crippen LogP contribution is -1.84. The first kappa shape index (κ1) is 17.8. The van der Waals surface area contributed by atoms with Crippen LogP contribution in [0.3, 0.4) is 0 Å². The first-order valence-electron chi connectivity index (χ1n) is 6.58. The van der Waals surface area contributed by atoms with Gasteiger partial charge in [0.15, 0.2) is 0 Å². The minimum Gasteiger partial charge on any atom is -0.494 e. The molecule has 2 aromatic rings. The zero-order valence-corrected chi connectivity index (χ0v) is 14.4. The van der Waals surface area contributed by atoms with E-state index in [1.165, 1.54) is 48.0 Å². The summed E-state index contributed by atoms with van der Waals surface area (Å²) in [5.74, 6) is 1.000. The van der Waals surface area contributed by atoms with Crippen LogP contribution in [0.5, 0.6) is 11.5 Å². The van der Waals surface area contributed by atoms with Gasteiger partial charge >= 0.3 is 0 Å². The molecule has 0 radical (unpaired) electrons. The first-order chi connectivity index (χ1) is 11.7. The Labute approximate surface area is 146 Å². The topological polar surface area (TPSA) is 77.3 Å². The van der Waals surface area contributed by atoms with Crippen molar-refractivity contribution in [1.29, 1.82) is 0 Å². The Balaban J connectivity index is 2.19. The Bertz CT molecular complexity index is 759. The minimum absolute atomic E-state index is 0.416. The molecule has 0 aliphatic heterocycles. The zero-order chi connectivity index (χ0) is 17.4. The summed E-state index contributed by atoms with van der Waals surface area (Å²) in [5.41, 5.74) is 0.832. The second kappa shape index (κ2) is 8.96. The molecule has 0 bridgehead atoms. The largest absolute Gasteiger partial charge is 0.494 e. The molecular formula is C16H12N2O4S2. The highest BCUT2D eigenvalue weighted by molar-refractivity contribution is 8.76. The molecule has 0 heterocycles. The fourth-order valence-electron chi connectivity index (χ4n) is 1.81. The number of hydrogen-bond donors (Lipinski definition) is 0. The quantitative estimate of drug-likeness (QED) is 0.413. The van der Waals surface area contributed by atoms with Crippen LogP contribution in [0.25, 0.3) is 0 Å². The lowest BCUT2D eigenvalue weighted by molar-refractivity contribution is 0.415. The van der Waals surface area contributed by atoms with E-state index in [0.29, 0.717) is 22.9 Å². The highest BCUT2D eigenvalue weighted by Crippen LogP contribution is 2.42. The second-order valence-electron chi connectivity index (χ2n) is 4.24. The van der Waals surface area contributed by atoms with Crippen molar-refractivity contribution >= 4 is 45.1 Å². The molecule has 6 nitrogen and oxygen atoms in total. The van der Waals surface area contributed by atoms with Gasteiger partial charge in [-0.25, -0.2) is 9.59 Å². The van der Waals surface area contributed by atoms with Gasteiger partial charge in [-0.3, -0.25) is 0 Å². The number of nitrogens with zero attached hydrogens (tertiary/aromatic N) is 2. The number of isocyanates is 2. The molecule has 8 heteroatoms. The van der Waals surface area contributed by atoms with Crippen molar-refractivity contribution < 1.29 is 19.1 Å². The van der Waals surface area contributed by atoms with Crippen molar-refractivity contribution in [2.24, 2.45) is 9.98 Å². The van der Waals surface area contributed by atoms with Crippen LogP contribution in [0.15, 0.2) is 56.2 Å². The Morgan fingerprint density at radius 1 is 0.792 bits per heavy atom. The van der Waals surface area contributed by atoms with Gasteiger partial charge in [-0.15, -0.1) is 0 Å². The zero-order valence-electron chi connectivity index (χ0n) is 12.8. The maximum Gasteiger partial charge on any atom is 0.240 e. The van der Waals surface area contributed by atoms with E-state index < -0.39 is 0 Å². The average molecular weight is 360 g/mol. The van der Waals surface area contributed by atoms with E-state index in [1.807, 2.05) is 12.1 Å². The Morgan fingerprint density at radius 3 is 1.54 bits per heavy atom. The Morgan fingerprint density at radius 2 is 1.21 bits per heavy atom. The molecule has 0 fully saturated rings. The van der Waals surface area contributed by atoms with Gasteiger partial charge in [0.05, 0.1) is 14.2 Å². The summed E-state index contributed by atoms with van der Waals surface area (Å²) in [4.78, 5) is 30.0. The van der Waals surface area contributed by atoms with E-state index in [2.05, 4.69) is 9.98 Å². The lowest BCUT2D eigenvalue weighted by atomic mass is 10.3. The summed E-state index contributed by atoms with van der Waals surface area (Å²) >= 11 is 0. The Hall–Kier alpha value is -2.50. The minimum atomic E-state index is 0.416. The summed E-state index contributed by atoms with van der Waals surface area (Å²) in [6.45, 7) is 0. The van der Waals surface area contributed by atoms with Gasteiger partial charge in [-0.1, -0.05) is 21.6 Å². The third kappa shape index (κ3) is 4.50. The van der Waals surface area contributed by atoms with Crippen molar-refractivity contribution in [3.63, 3.8) is 0 Å². The van der Waals surface area contributed by atoms with E-state index in [0.717, 1.165) is 9.79 Å². The third-order valence-electron chi connectivity index (χ3n) is 2.87. The molecule has 0 aromatic heterocycles. The van der Waals surface area contributed by atoms with Crippen LogP contribution in [0.1, 0.15) is 0 Å². The van der Waals surface area contributed by atoms with E-state index in [1.54, 1.807) is 24.3 Å². The SMILES string of the molecule is COc1ccc(SSc2ccc(OC)c(N=C=O)c2)cc1N=C=O. The van der Waals surface area contributed by atoms with Crippen molar-refractivity contribution in [3.05, 3.63) is 36.4 Å². The molecule has 122 valence electrons. The van der Waals surface area contributed by atoms with Gasteiger partial charge in [0.25, 0.3) is 0 Å². The number of aliphatic imine (C=N–C) groups is 2. The van der Waals surface area contributed by atoms with Crippen LogP contribution >= 0.6 is 21.6 Å². The number of benzene rings is 2. The molecule has 0 spiro atoms. The predicted molar refractivity (Wildman–Crippen MR) is 93.3 cm³/mol. The van der Waals surface area contributed by atoms with Gasteiger partial charge in [-0.05, 0) is 36.4 Å². The van der Waals surface area contributed by atoms with E-state index in [4.69, 9.17) is 9.47 Å². The standard InChI is InChI=1S/C16H12N2O4S2/c1-21-15-5-3-11(7-13(15)17-9-19)23-24-12-4-6-16(22-2)14(8-12)18-10-20/h3-8H,1-2H3. The number of hydrogen-bond acceptors (Lipinski definition) is 8. The van der Waals surface area contributed by atoms with Crippen LogP contribution in [0.4, 0.5) is 11.4 Å². The number of rotatable bonds is 7. The molecule has 2 rings (SSSR count). The average Bonchev–Trinajstić information content (AvgIpc) is 2.61. The van der Waals surface area contributed by atoms with E-state index in [9.17, 15) is 9.59 Å². The van der Waals surface area contributed by atoms with E-state index >= 15 is 0 Å². The van der Waals surface area contributed by atoms with Gasteiger partial charge in [0, 0.05) is 9.79 Å². The summed E-state index contributed by atoms with van der Waals surface area (Å²) < 4.78 is 10.3. The fraction of sp³-hybridized carbons (Fsp3) is 0.125. The summed E-state index contributed by atoms with van der Waals surface area (Å²) in [7, 11) is 5.94. The van der Waals surface area contributed by atoms with Crippen molar-refractivity contribution in [2.75, 3.05) is 14.2 Å². The number of ether oxygens (including phenoxy) is 2. The maximum atomic E-state index is 10.5. The van der Waals surface area contributed by atoms with Crippen LogP contribution in [0, 0.1) is 0 Å². The molecule has 2 aromatic carbocycles. The molecule has 0 aliphatic carbocycles. The highest BCUT2D eigenvalue weighted by atomic mass is 33.1. The number of carbonyl (C=O) groups excluding carboxylic acids is 2. The molecule has 0 saturated heterocycles. The van der Waals surface area contributed by atoms with Gasteiger partial charge in [-0.2, -0.15) is 9.98 Å². The van der Waals surface area contributed by atoms with Crippen LogP contribution in [0.2, 0.25) is 0 Å². The second-order valence-corrected chi connectivity index (χ2v) is 6.52. The predicted octanol–water partition coefficient (Wildman–Crippen LogP) is 4.44. The van der Waals surface area contributed by atoms with Crippen LogP contribution < -0.4 is 9.47 Å². The molecule has 0 saturated carbocycles. The van der Waals surface area contributed by atoms with Crippen molar-refractivity contribution in [2.45, 2.75) is 9.79 Å². The molecular weight excluding hydrogens is 348 g/mol. The van der Waals surface area contributed by atoms with Gasteiger partial charge in [0.2, 0.25) is 12.2 Å². The summed E-state index contributed by atoms with van der Waals surface area (Å²) in [6.07, 6.45) is 3.02. The Kier molecular flexibility index (Phi) is 6.66. The molecule has 0 atom stereocenters. The molecule has 0 N–H and O–H groups in total. The fourth-order valence-corrected chi connectivity index (χ4v) is 3.77. The van der Waals surface area contributed by atoms with Crippen LogP contribution in [-0.2, 0) is 9.59 Å². The van der Waals surface area contributed by atoms with Crippen molar-refractivity contribution in [1.82, 2.24) is 0 Å². The van der Waals surface area contributed by atoms with Gasteiger partial charge < -0.3 is 9.47 Å². The third-order valence-corrected chi connectivity index (χ3v) is 5.25. The number of methoxy groups -OCH3 is 2.